The monoisotopic (exact) mass is 422 g/mol. The molecule has 0 radical (unpaired) electrons. The summed E-state index contributed by atoms with van der Waals surface area (Å²) in [5, 5.41) is 4.46. The topological polar surface area (TPSA) is 95.6 Å². The molecule has 3 heterocycles. The molecule has 9 heteroatoms. The molecule has 30 heavy (non-hydrogen) atoms. The average molecular weight is 423 g/mol. The smallest absolute Gasteiger partial charge is 0.192 e. The molecule has 1 aromatic carbocycles. The Labute approximate surface area is 174 Å². The van der Waals surface area contributed by atoms with Crippen molar-refractivity contribution in [1.82, 2.24) is 29.3 Å². The number of aromatic nitrogens is 6. The van der Waals surface area contributed by atoms with E-state index in [-0.39, 0.29) is 16.9 Å². The van der Waals surface area contributed by atoms with E-state index in [1.165, 1.54) is 6.26 Å². The fourth-order valence-corrected chi connectivity index (χ4v) is 4.69. The van der Waals surface area contributed by atoms with Gasteiger partial charge >= 0.3 is 0 Å². The summed E-state index contributed by atoms with van der Waals surface area (Å²) in [5.41, 5.74) is 3.46. The Hall–Kier alpha value is -3.07. The van der Waals surface area contributed by atoms with Crippen LogP contribution in [-0.2, 0) is 16.9 Å². The van der Waals surface area contributed by atoms with E-state index in [0.717, 1.165) is 29.0 Å². The molecule has 0 N–H and O–H groups in total. The van der Waals surface area contributed by atoms with Crippen LogP contribution in [0.4, 0.5) is 0 Å². The van der Waals surface area contributed by atoms with Gasteiger partial charge in [0.2, 0.25) is 0 Å². The van der Waals surface area contributed by atoms with Gasteiger partial charge < -0.3 is 4.57 Å². The van der Waals surface area contributed by atoms with Gasteiger partial charge in [0.15, 0.2) is 14.9 Å². The Balaban J connectivity index is 1.58. The summed E-state index contributed by atoms with van der Waals surface area (Å²) in [5.74, 6) is 2.66. The third-order valence-corrected chi connectivity index (χ3v) is 6.60. The number of hydrogen-bond donors (Lipinski definition) is 0. The van der Waals surface area contributed by atoms with Gasteiger partial charge in [-0.2, -0.15) is 5.10 Å². The van der Waals surface area contributed by atoms with Crippen LogP contribution >= 0.6 is 0 Å². The van der Waals surface area contributed by atoms with Gasteiger partial charge in [0, 0.05) is 36.9 Å². The van der Waals surface area contributed by atoms with Crippen molar-refractivity contribution in [3.8, 4) is 5.69 Å². The third-order valence-electron chi connectivity index (χ3n) is 5.63. The first kappa shape index (κ1) is 18.9. The van der Waals surface area contributed by atoms with Crippen LogP contribution in [-0.4, -0.2) is 44.0 Å². The standard InChI is InChI=1S/C21H22N6O2S/c1-12-22-13(2)27(25-12)14-9-18(23-20(10-14)30(4,28)29)15-11-16(15)21-24-17-7-5-6-8-19(17)26(21)3/h5-10,15-16H,11H2,1-4H3. The summed E-state index contributed by atoms with van der Waals surface area (Å²) in [6.07, 6.45) is 2.06. The molecule has 0 aliphatic heterocycles. The fourth-order valence-electron chi connectivity index (χ4n) is 4.08. The molecule has 0 bridgehead atoms. The quantitative estimate of drug-likeness (QED) is 0.502. The number of sulfone groups is 1. The predicted molar refractivity (Wildman–Crippen MR) is 113 cm³/mol. The van der Waals surface area contributed by atoms with E-state index in [0.29, 0.717) is 17.3 Å². The van der Waals surface area contributed by atoms with E-state index in [1.54, 1.807) is 10.7 Å². The molecule has 1 aliphatic rings. The molecule has 0 spiro atoms. The maximum atomic E-state index is 12.3. The Morgan fingerprint density at radius 1 is 1.03 bits per heavy atom. The van der Waals surface area contributed by atoms with Crippen molar-refractivity contribution < 1.29 is 8.42 Å². The molecule has 2 atom stereocenters. The molecule has 154 valence electrons. The van der Waals surface area contributed by atoms with Gasteiger partial charge in [-0.25, -0.2) is 28.1 Å². The number of fused-ring (bicyclic) bond motifs is 1. The van der Waals surface area contributed by atoms with E-state index in [9.17, 15) is 8.42 Å². The molecule has 0 saturated heterocycles. The SMILES string of the molecule is Cc1nc(C)n(-c2cc(C3CC3c3nc4ccccc4n3C)nc(S(C)(=O)=O)c2)n1. The zero-order valence-electron chi connectivity index (χ0n) is 17.2. The van der Waals surface area contributed by atoms with Crippen LogP contribution in [0.25, 0.3) is 16.7 Å². The number of benzene rings is 1. The second-order valence-electron chi connectivity index (χ2n) is 7.95. The minimum Gasteiger partial charge on any atom is -0.331 e. The lowest BCUT2D eigenvalue weighted by Gasteiger charge is -2.09. The van der Waals surface area contributed by atoms with Crippen molar-refractivity contribution in [2.75, 3.05) is 6.26 Å². The third kappa shape index (κ3) is 3.09. The first-order valence-corrected chi connectivity index (χ1v) is 11.7. The van der Waals surface area contributed by atoms with Crippen molar-refractivity contribution in [3.05, 3.63) is 59.6 Å². The second kappa shape index (κ2) is 6.46. The van der Waals surface area contributed by atoms with Crippen LogP contribution in [0.5, 0.6) is 0 Å². The highest BCUT2D eigenvalue weighted by Gasteiger charge is 2.44. The lowest BCUT2D eigenvalue weighted by atomic mass is 10.2. The van der Waals surface area contributed by atoms with Gasteiger partial charge in [-0.1, -0.05) is 12.1 Å². The van der Waals surface area contributed by atoms with E-state index >= 15 is 0 Å². The highest BCUT2D eigenvalue weighted by atomic mass is 32.2. The maximum Gasteiger partial charge on any atom is 0.192 e. The Morgan fingerprint density at radius 2 is 1.80 bits per heavy atom. The van der Waals surface area contributed by atoms with Crippen LogP contribution in [0, 0.1) is 13.8 Å². The van der Waals surface area contributed by atoms with E-state index in [1.807, 2.05) is 45.2 Å². The van der Waals surface area contributed by atoms with E-state index in [4.69, 9.17) is 4.98 Å². The molecule has 3 aromatic heterocycles. The van der Waals surface area contributed by atoms with Gasteiger partial charge in [0.1, 0.15) is 17.5 Å². The fraction of sp³-hybridized carbons (Fsp3) is 0.333. The van der Waals surface area contributed by atoms with Crippen molar-refractivity contribution in [2.45, 2.75) is 37.1 Å². The number of hydrogen-bond acceptors (Lipinski definition) is 6. The summed E-state index contributed by atoms with van der Waals surface area (Å²) in [6.45, 7) is 3.66. The summed E-state index contributed by atoms with van der Waals surface area (Å²) in [4.78, 5) is 13.6. The maximum absolute atomic E-state index is 12.3. The van der Waals surface area contributed by atoms with Crippen LogP contribution in [0.2, 0.25) is 0 Å². The minimum atomic E-state index is -3.47. The van der Waals surface area contributed by atoms with Gasteiger partial charge in [0.05, 0.1) is 16.7 Å². The molecular formula is C21H22N6O2S. The van der Waals surface area contributed by atoms with E-state index < -0.39 is 9.84 Å². The van der Waals surface area contributed by atoms with Crippen molar-refractivity contribution in [3.63, 3.8) is 0 Å². The molecule has 1 fully saturated rings. The molecule has 5 rings (SSSR count). The molecule has 8 nitrogen and oxygen atoms in total. The zero-order valence-corrected chi connectivity index (χ0v) is 18.1. The largest absolute Gasteiger partial charge is 0.331 e. The van der Waals surface area contributed by atoms with Gasteiger partial charge in [-0.05, 0) is 38.5 Å². The number of pyridine rings is 1. The summed E-state index contributed by atoms with van der Waals surface area (Å²) in [7, 11) is -1.45. The number of rotatable bonds is 4. The van der Waals surface area contributed by atoms with Crippen molar-refractivity contribution in [2.24, 2.45) is 7.05 Å². The van der Waals surface area contributed by atoms with Gasteiger partial charge in [0.25, 0.3) is 0 Å². The Morgan fingerprint density at radius 3 is 2.47 bits per heavy atom. The normalized spacial score (nSPS) is 18.8. The van der Waals surface area contributed by atoms with Crippen LogP contribution in [0.3, 0.4) is 0 Å². The molecular weight excluding hydrogens is 400 g/mol. The molecule has 2 unspecified atom stereocenters. The molecule has 1 aliphatic carbocycles. The summed E-state index contributed by atoms with van der Waals surface area (Å²) < 4.78 is 28.4. The number of para-hydroxylation sites is 2. The van der Waals surface area contributed by atoms with Gasteiger partial charge in [-0.15, -0.1) is 0 Å². The Bertz CT molecular complexity index is 1400. The molecule has 0 amide bonds. The van der Waals surface area contributed by atoms with Crippen molar-refractivity contribution >= 4 is 20.9 Å². The first-order chi connectivity index (χ1) is 14.2. The number of imidazole rings is 1. The molecule has 4 aromatic rings. The summed E-state index contributed by atoms with van der Waals surface area (Å²) in [6, 6.07) is 11.5. The highest BCUT2D eigenvalue weighted by molar-refractivity contribution is 7.90. The predicted octanol–water partition coefficient (Wildman–Crippen LogP) is 2.84. The summed E-state index contributed by atoms with van der Waals surface area (Å²) >= 11 is 0. The average Bonchev–Trinajstić information content (AvgIpc) is 3.32. The Kier molecular flexibility index (Phi) is 4.08. The van der Waals surface area contributed by atoms with Gasteiger partial charge in [-0.3, -0.25) is 0 Å². The van der Waals surface area contributed by atoms with Crippen LogP contribution in [0.1, 0.15) is 41.4 Å². The number of nitrogens with zero attached hydrogens (tertiary/aromatic N) is 6. The van der Waals surface area contributed by atoms with E-state index in [2.05, 4.69) is 25.7 Å². The van der Waals surface area contributed by atoms with Crippen LogP contribution < -0.4 is 0 Å². The number of aryl methyl sites for hydroxylation is 3. The molecule has 1 saturated carbocycles. The minimum absolute atomic E-state index is 0.0539. The second-order valence-corrected chi connectivity index (χ2v) is 9.91. The lowest BCUT2D eigenvalue weighted by Crippen LogP contribution is -2.08. The zero-order chi connectivity index (χ0) is 21.2. The lowest BCUT2D eigenvalue weighted by molar-refractivity contribution is 0.597. The van der Waals surface area contributed by atoms with Crippen molar-refractivity contribution in [1.29, 1.82) is 0 Å². The highest BCUT2D eigenvalue weighted by Crippen LogP contribution is 2.54. The van der Waals surface area contributed by atoms with Crippen LogP contribution in [0.15, 0.2) is 41.4 Å². The first-order valence-electron chi connectivity index (χ1n) is 9.76.